The average molecular weight is 421 g/mol. The largest absolute Gasteiger partial charge is 0.466 e. The highest BCUT2D eigenvalue weighted by Gasteiger charge is 2.64. The number of hydrogen-bond acceptors (Lipinski definition) is 4. The Balaban J connectivity index is 1.89. The van der Waals surface area contributed by atoms with Crippen LogP contribution in [0.2, 0.25) is 0 Å². The van der Waals surface area contributed by atoms with Gasteiger partial charge in [-0.15, -0.1) is 0 Å². The van der Waals surface area contributed by atoms with Crippen LogP contribution >= 0.6 is 0 Å². The monoisotopic (exact) mass is 420 g/mol. The fraction of sp³-hybridized carbons (Fsp3) is 0.885. The van der Waals surface area contributed by atoms with E-state index in [4.69, 9.17) is 4.74 Å². The molecule has 0 aromatic heterocycles. The normalized spacial score (nSPS) is 46.0. The summed E-state index contributed by atoms with van der Waals surface area (Å²) < 4.78 is 4.77. The zero-order chi connectivity index (χ0) is 22.5. The van der Waals surface area contributed by atoms with Gasteiger partial charge in [-0.1, -0.05) is 33.3 Å². The first-order valence-corrected chi connectivity index (χ1v) is 11.9. The predicted octanol–water partition coefficient (Wildman–Crippen LogP) is 5.27. The van der Waals surface area contributed by atoms with E-state index in [1.54, 1.807) is 6.08 Å². The van der Waals surface area contributed by atoms with Crippen LogP contribution in [0.3, 0.4) is 0 Å². The van der Waals surface area contributed by atoms with Crippen LogP contribution in [0.25, 0.3) is 0 Å². The maximum Gasteiger partial charge on any atom is 0.330 e. The number of aliphatic hydroxyl groups excluding tert-OH is 1. The van der Waals surface area contributed by atoms with Crippen LogP contribution in [0.1, 0.15) is 92.9 Å². The van der Waals surface area contributed by atoms with Gasteiger partial charge in [0, 0.05) is 6.08 Å². The molecule has 0 aromatic rings. The van der Waals surface area contributed by atoms with Crippen molar-refractivity contribution in [1.29, 1.82) is 0 Å². The third kappa shape index (κ3) is 3.77. The fourth-order valence-electron chi connectivity index (χ4n) is 8.32. The Hall–Kier alpha value is -0.870. The van der Waals surface area contributed by atoms with E-state index in [0.717, 1.165) is 56.9 Å². The number of aliphatic hydroxyl groups is 2. The van der Waals surface area contributed by atoms with Gasteiger partial charge in [0.2, 0.25) is 0 Å². The van der Waals surface area contributed by atoms with Gasteiger partial charge in [-0.05, 0) is 99.2 Å². The highest BCUT2D eigenvalue weighted by molar-refractivity contribution is 5.82. The van der Waals surface area contributed by atoms with E-state index in [9.17, 15) is 15.0 Å². The molecule has 30 heavy (non-hydrogen) atoms. The highest BCUT2D eigenvalue weighted by Crippen LogP contribution is 2.70. The van der Waals surface area contributed by atoms with E-state index < -0.39 is 5.60 Å². The molecule has 0 heterocycles. The summed E-state index contributed by atoms with van der Waals surface area (Å²) in [6.07, 6.45) is 9.17. The van der Waals surface area contributed by atoms with Crippen LogP contribution in [0.5, 0.6) is 0 Å². The first kappa shape index (κ1) is 23.8. The van der Waals surface area contributed by atoms with Crippen molar-refractivity contribution >= 4 is 5.97 Å². The molecule has 2 N–H and O–H groups in total. The van der Waals surface area contributed by atoms with Gasteiger partial charge in [-0.25, -0.2) is 4.79 Å². The third-order valence-electron chi connectivity index (χ3n) is 9.95. The molecule has 0 radical (unpaired) electrons. The molecule has 3 fully saturated rings. The van der Waals surface area contributed by atoms with Crippen molar-refractivity contribution < 1.29 is 19.7 Å². The molecule has 172 valence electrons. The van der Waals surface area contributed by atoms with Gasteiger partial charge in [-0.2, -0.15) is 0 Å². The zero-order valence-corrected chi connectivity index (χ0v) is 20.3. The quantitative estimate of drug-likeness (QED) is 0.480. The van der Waals surface area contributed by atoms with Gasteiger partial charge in [0.15, 0.2) is 0 Å². The van der Waals surface area contributed by atoms with Crippen LogP contribution < -0.4 is 0 Å². The summed E-state index contributed by atoms with van der Waals surface area (Å²) in [6, 6.07) is 0. The van der Waals surface area contributed by atoms with Crippen LogP contribution in [0.4, 0.5) is 0 Å². The topological polar surface area (TPSA) is 66.8 Å². The minimum Gasteiger partial charge on any atom is -0.466 e. The number of rotatable bonds is 4. The van der Waals surface area contributed by atoms with Gasteiger partial charge in [0.25, 0.3) is 0 Å². The molecule has 0 spiro atoms. The summed E-state index contributed by atoms with van der Waals surface area (Å²) in [6.45, 7) is 13.4. The second-order valence-electron chi connectivity index (χ2n) is 12.0. The molecular weight excluding hydrogens is 376 g/mol. The Bertz CT molecular complexity index is 693. The van der Waals surface area contributed by atoms with E-state index in [-0.39, 0.29) is 34.2 Å². The lowest BCUT2D eigenvalue weighted by Crippen LogP contribution is -2.64. The summed E-state index contributed by atoms with van der Waals surface area (Å²) in [5, 5.41) is 22.2. The number of methoxy groups -OCH3 is 1. The number of carbonyl (C=O) groups is 1. The van der Waals surface area contributed by atoms with Gasteiger partial charge in [0.1, 0.15) is 0 Å². The number of ether oxygens (including phenoxy) is 1. The van der Waals surface area contributed by atoms with Crippen molar-refractivity contribution in [3.8, 4) is 0 Å². The summed E-state index contributed by atoms with van der Waals surface area (Å²) >= 11 is 0. The van der Waals surface area contributed by atoms with Gasteiger partial charge >= 0.3 is 5.97 Å². The molecule has 4 nitrogen and oxygen atoms in total. The Morgan fingerprint density at radius 1 is 1.00 bits per heavy atom. The summed E-state index contributed by atoms with van der Waals surface area (Å²) in [4.78, 5) is 11.6. The zero-order valence-electron chi connectivity index (χ0n) is 20.3. The van der Waals surface area contributed by atoms with Gasteiger partial charge in [0.05, 0.1) is 18.8 Å². The van der Waals surface area contributed by atoms with Crippen molar-refractivity contribution in [3.63, 3.8) is 0 Å². The maximum atomic E-state index is 11.6. The van der Waals surface area contributed by atoms with Crippen molar-refractivity contribution in [2.24, 2.45) is 34.0 Å². The lowest BCUT2D eigenvalue weighted by Gasteiger charge is -2.68. The molecule has 7 atom stereocenters. The standard InChI is InChI=1S/C26H44O4/c1-17(16-22(28)30-7)8-9-20-25(5)13-10-18-23(2,3)21(27)12-14-24(18,4)19(25)11-15-26(20,6)29/h16,18-21,27,29H,8-15H2,1-7H3/b17-16+. The number of hydrogen-bond donors (Lipinski definition) is 2. The van der Waals surface area contributed by atoms with Gasteiger partial charge < -0.3 is 14.9 Å². The predicted molar refractivity (Wildman–Crippen MR) is 120 cm³/mol. The molecule has 3 aliphatic rings. The maximum absolute atomic E-state index is 11.6. The minimum absolute atomic E-state index is 0.0520. The molecule has 3 rings (SSSR count). The fourth-order valence-corrected chi connectivity index (χ4v) is 8.32. The number of fused-ring (bicyclic) bond motifs is 3. The summed E-state index contributed by atoms with van der Waals surface area (Å²) in [7, 11) is 1.41. The number of carbonyl (C=O) groups excluding carboxylic acids is 1. The lowest BCUT2D eigenvalue weighted by molar-refractivity contribution is -0.226. The van der Waals surface area contributed by atoms with E-state index in [1.807, 2.05) is 13.8 Å². The van der Waals surface area contributed by atoms with Crippen molar-refractivity contribution in [1.82, 2.24) is 0 Å². The Labute approximate surface area is 183 Å². The molecular formula is C26H44O4. The molecule has 0 saturated heterocycles. The number of esters is 1. The van der Waals surface area contributed by atoms with Crippen molar-refractivity contribution in [2.75, 3.05) is 7.11 Å². The number of allylic oxidation sites excluding steroid dienone is 1. The molecule has 0 amide bonds. The van der Waals surface area contributed by atoms with Gasteiger partial charge in [-0.3, -0.25) is 0 Å². The molecule has 3 saturated carbocycles. The molecule has 3 aliphatic carbocycles. The summed E-state index contributed by atoms with van der Waals surface area (Å²) in [5.74, 6) is 0.989. The van der Waals surface area contributed by atoms with E-state index in [2.05, 4.69) is 27.7 Å². The van der Waals surface area contributed by atoms with E-state index in [0.29, 0.717) is 11.8 Å². The van der Waals surface area contributed by atoms with Crippen LogP contribution in [0, 0.1) is 34.0 Å². The Morgan fingerprint density at radius 3 is 2.23 bits per heavy atom. The minimum atomic E-state index is -0.677. The van der Waals surface area contributed by atoms with Crippen LogP contribution in [-0.4, -0.2) is 35.0 Å². The van der Waals surface area contributed by atoms with Crippen LogP contribution in [0.15, 0.2) is 11.6 Å². The van der Waals surface area contributed by atoms with Crippen molar-refractivity contribution in [2.45, 2.75) is 105 Å². The third-order valence-corrected chi connectivity index (χ3v) is 9.95. The molecule has 0 aliphatic heterocycles. The Kier molecular flexibility index (Phi) is 6.28. The SMILES string of the molecule is COC(=O)/C=C(\C)CCC1C(C)(O)CCC2C1(C)CCC1C(C)(C)C(O)CCC12C. The Morgan fingerprint density at radius 2 is 1.60 bits per heavy atom. The van der Waals surface area contributed by atoms with E-state index in [1.165, 1.54) is 7.11 Å². The van der Waals surface area contributed by atoms with Crippen LogP contribution in [-0.2, 0) is 9.53 Å². The highest BCUT2D eigenvalue weighted by atomic mass is 16.5. The smallest absolute Gasteiger partial charge is 0.330 e. The second-order valence-corrected chi connectivity index (χ2v) is 12.0. The molecule has 7 unspecified atom stereocenters. The molecule has 4 heteroatoms. The second kappa shape index (κ2) is 7.92. The summed E-state index contributed by atoms with van der Waals surface area (Å²) in [5.41, 5.74) is 0.580. The van der Waals surface area contributed by atoms with Crippen molar-refractivity contribution in [3.05, 3.63) is 11.6 Å². The first-order valence-electron chi connectivity index (χ1n) is 11.9. The average Bonchev–Trinajstić information content (AvgIpc) is 2.63. The molecule has 0 aromatic carbocycles. The lowest BCUT2D eigenvalue weighted by atomic mass is 9.37. The van der Waals surface area contributed by atoms with E-state index >= 15 is 0 Å². The molecule has 0 bridgehead atoms. The first-order chi connectivity index (χ1) is 13.8.